The molecule has 1 amide bonds. The van der Waals surface area contributed by atoms with Crippen LogP contribution in [-0.4, -0.2) is 15.3 Å². The van der Waals surface area contributed by atoms with Crippen molar-refractivity contribution in [2.45, 2.75) is 6.92 Å². The number of pyridine rings is 1. The Kier molecular flexibility index (Phi) is 4.91. The van der Waals surface area contributed by atoms with Crippen LogP contribution in [0.1, 0.15) is 11.3 Å². The monoisotopic (exact) mass is 378 g/mol. The van der Waals surface area contributed by atoms with Crippen molar-refractivity contribution in [3.63, 3.8) is 0 Å². The van der Waals surface area contributed by atoms with Crippen molar-refractivity contribution in [1.82, 2.24) is 9.38 Å². The number of carbonyl (C=O) groups is 1. The number of hydrogen-bond acceptors (Lipinski definition) is 3. The van der Waals surface area contributed by atoms with E-state index < -0.39 is 5.91 Å². The van der Waals surface area contributed by atoms with Crippen LogP contribution in [0.4, 0.5) is 5.69 Å². The van der Waals surface area contributed by atoms with Gasteiger partial charge in [0.05, 0.1) is 11.4 Å². The summed E-state index contributed by atoms with van der Waals surface area (Å²) in [6.07, 6.45) is 3.46. The van der Waals surface area contributed by atoms with Crippen molar-refractivity contribution in [1.29, 1.82) is 5.26 Å². The van der Waals surface area contributed by atoms with Gasteiger partial charge in [0.15, 0.2) is 0 Å². The summed E-state index contributed by atoms with van der Waals surface area (Å²) in [5, 5.41) is 12.5. The molecule has 0 aliphatic carbocycles. The summed E-state index contributed by atoms with van der Waals surface area (Å²) in [4.78, 5) is 17.5. The van der Waals surface area contributed by atoms with Crippen LogP contribution in [0.25, 0.3) is 23.0 Å². The van der Waals surface area contributed by atoms with E-state index in [9.17, 15) is 10.1 Å². The van der Waals surface area contributed by atoms with E-state index in [1.807, 2.05) is 96.4 Å². The minimum Gasteiger partial charge on any atom is -0.321 e. The van der Waals surface area contributed by atoms with E-state index in [-0.39, 0.29) is 5.57 Å². The Morgan fingerprint density at radius 1 is 1.03 bits per heavy atom. The molecule has 4 aromatic rings. The summed E-state index contributed by atoms with van der Waals surface area (Å²) in [6, 6.07) is 24.9. The first-order valence-electron chi connectivity index (χ1n) is 9.18. The lowest BCUT2D eigenvalue weighted by Crippen LogP contribution is -2.14. The van der Waals surface area contributed by atoms with Crippen LogP contribution in [0, 0.1) is 18.3 Å². The number of hydrogen-bond donors (Lipinski definition) is 1. The smallest absolute Gasteiger partial charge is 0.266 e. The molecular formula is C24H18N4O. The van der Waals surface area contributed by atoms with Crippen LogP contribution in [0.5, 0.6) is 0 Å². The SMILES string of the molecule is Cc1ccccc1NC(=O)C(C#N)=Cc1c(-c2ccccc2)nc2ccccn12. The van der Waals surface area contributed by atoms with Crippen LogP contribution in [0.2, 0.25) is 0 Å². The van der Waals surface area contributed by atoms with Gasteiger partial charge in [-0.1, -0.05) is 54.6 Å². The topological polar surface area (TPSA) is 70.2 Å². The Hall–Kier alpha value is -4.17. The third kappa shape index (κ3) is 3.64. The van der Waals surface area contributed by atoms with E-state index in [0.29, 0.717) is 17.1 Å². The van der Waals surface area contributed by atoms with Crippen LogP contribution in [-0.2, 0) is 4.79 Å². The zero-order valence-electron chi connectivity index (χ0n) is 15.8. The van der Waals surface area contributed by atoms with Crippen molar-refractivity contribution in [3.05, 3.63) is 95.8 Å². The van der Waals surface area contributed by atoms with Gasteiger partial charge in [-0.25, -0.2) is 4.98 Å². The predicted molar refractivity (Wildman–Crippen MR) is 114 cm³/mol. The first-order chi connectivity index (χ1) is 14.2. The molecule has 0 fully saturated rings. The molecule has 5 nitrogen and oxygen atoms in total. The van der Waals surface area contributed by atoms with Crippen molar-refractivity contribution in [2.24, 2.45) is 0 Å². The number of carbonyl (C=O) groups excluding carboxylic acids is 1. The highest BCUT2D eigenvalue weighted by molar-refractivity contribution is 6.10. The van der Waals surface area contributed by atoms with Gasteiger partial charge in [-0.2, -0.15) is 5.26 Å². The molecule has 2 heterocycles. The van der Waals surface area contributed by atoms with Crippen molar-refractivity contribution in [2.75, 3.05) is 5.32 Å². The molecule has 4 rings (SSSR count). The van der Waals surface area contributed by atoms with Crippen LogP contribution >= 0.6 is 0 Å². The van der Waals surface area contributed by atoms with Gasteiger partial charge in [0.2, 0.25) is 0 Å². The minimum atomic E-state index is -0.452. The summed E-state index contributed by atoms with van der Waals surface area (Å²) < 4.78 is 1.88. The average Bonchev–Trinajstić information content (AvgIpc) is 3.12. The van der Waals surface area contributed by atoms with E-state index in [2.05, 4.69) is 5.32 Å². The lowest BCUT2D eigenvalue weighted by Gasteiger charge is -2.07. The number of anilines is 1. The third-order valence-corrected chi connectivity index (χ3v) is 4.65. The number of rotatable bonds is 4. The first kappa shape index (κ1) is 18.2. The Balaban J connectivity index is 1.80. The summed E-state index contributed by atoms with van der Waals surface area (Å²) >= 11 is 0. The number of para-hydroxylation sites is 1. The molecule has 2 aromatic carbocycles. The molecule has 0 spiro atoms. The molecule has 0 saturated heterocycles. The second kappa shape index (κ2) is 7.83. The predicted octanol–water partition coefficient (Wildman–Crippen LogP) is 4.86. The highest BCUT2D eigenvalue weighted by Gasteiger charge is 2.16. The maximum absolute atomic E-state index is 12.8. The Bertz CT molecular complexity index is 1260. The Morgan fingerprint density at radius 3 is 2.52 bits per heavy atom. The Labute approximate surface area is 168 Å². The van der Waals surface area contributed by atoms with Gasteiger partial charge in [-0.05, 0) is 36.8 Å². The third-order valence-electron chi connectivity index (χ3n) is 4.65. The molecule has 2 aromatic heterocycles. The molecule has 0 atom stereocenters. The quantitative estimate of drug-likeness (QED) is 0.407. The summed E-state index contributed by atoms with van der Waals surface area (Å²) in [5.41, 5.74) is 4.68. The second-order valence-electron chi connectivity index (χ2n) is 6.58. The largest absolute Gasteiger partial charge is 0.321 e. The van der Waals surface area contributed by atoms with Crippen LogP contribution in [0.3, 0.4) is 0 Å². The van der Waals surface area contributed by atoms with Gasteiger partial charge in [0.25, 0.3) is 5.91 Å². The minimum absolute atomic E-state index is 0.0103. The van der Waals surface area contributed by atoms with Crippen molar-refractivity contribution >= 4 is 23.3 Å². The number of nitriles is 1. The van der Waals surface area contributed by atoms with Crippen LogP contribution in [0.15, 0.2) is 84.6 Å². The van der Waals surface area contributed by atoms with Gasteiger partial charge >= 0.3 is 0 Å². The summed E-state index contributed by atoms with van der Waals surface area (Å²) in [7, 11) is 0. The molecule has 29 heavy (non-hydrogen) atoms. The fourth-order valence-electron chi connectivity index (χ4n) is 3.15. The molecule has 1 N–H and O–H groups in total. The molecule has 0 aliphatic heterocycles. The second-order valence-corrected chi connectivity index (χ2v) is 6.58. The highest BCUT2D eigenvalue weighted by Crippen LogP contribution is 2.26. The zero-order valence-corrected chi connectivity index (χ0v) is 15.8. The number of aromatic nitrogens is 2. The van der Waals surface area contributed by atoms with Crippen molar-refractivity contribution in [3.8, 4) is 17.3 Å². The van der Waals surface area contributed by atoms with Crippen molar-refractivity contribution < 1.29 is 4.79 Å². The van der Waals surface area contributed by atoms with E-state index in [1.54, 1.807) is 6.08 Å². The maximum atomic E-state index is 12.8. The standard InChI is InChI=1S/C24H18N4O/c1-17-9-5-6-12-20(17)26-24(29)19(16-25)15-21-23(18-10-3-2-4-11-18)27-22-13-7-8-14-28(21)22/h2-15H,1H3,(H,26,29). The lowest BCUT2D eigenvalue weighted by molar-refractivity contribution is -0.112. The van der Waals surface area contributed by atoms with E-state index in [0.717, 1.165) is 16.8 Å². The average molecular weight is 378 g/mol. The number of amides is 1. The van der Waals surface area contributed by atoms with Crippen LogP contribution < -0.4 is 5.32 Å². The first-order valence-corrected chi connectivity index (χ1v) is 9.18. The molecule has 0 radical (unpaired) electrons. The Morgan fingerprint density at radius 2 is 1.76 bits per heavy atom. The molecule has 140 valence electrons. The number of fused-ring (bicyclic) bond motifs is 1. The fraction of sp³-hybridized carbons (Fsp3) is 0.0417. The summed E-state index contributed by atoms with van der Waals surface area (Å²) in [5.74, 6) is -0.452. The number of nitrogens with zero attached hydrogens (tertiary/aromatic N) is 3. The molecule has 5 heteroatoms. The number of nitrogens with one attached hydrogen (secondary N) is 1. The van der Waals surface area contributed by atoms with Gasteiger partial charge in [-0.15, -0.1) is 0 Å². The molecule has 0 saturated carbocycles. The zero-order chi connectivity index (χ0) is 20.2. The van der Waals surface area contributed by atoms with Gasteiger partial charge in [-0.3, -0.25) is 9.20 Å². The highest BCUT2D eigenvalue weighted by atomic mass is 16.1. The maximum Gasteiger partial charge on any atom is 0.266 e. The fourth-order valence-corrected chi connectivity index (χ4v) is 3.15. The normalized spacial score (nSPS) is 11.2. The molecule has 0 aliphatic rings. The lowest BCUT2D eigenvalue weighted by atomic mass is 10.1. The van der Waals surface area contributed by atoms with E-state index >= 15 is 0 Å². The molecule has 0 bridgehead atoms. The number of imidazole rings is 1. The van der Waals surface area contributed by atoms with E-state index in [4.69, 9.17) is 4.98 Å². The van der Waals surface area contributed by atoms with Gasteiger partial charge < -0.3 is 5.32 Å². The van der Waals surface area contributed by atoms with E-state index in [1.165, 1.54) is 0 Å². The van der Waals surface area contributed by atoms with Gasteiger partial charge in [0, 0.05) is 17.4 Å². The molecular weight excluding hydrogens is 360 g/mol. The number of aryl methyl sites for hydroxylation is 1. The number of benzene rings is 2. The molecule has 0 unspecified atom stereocenters. The summed E-state index contributed by atoms with van der Waals surface area (Å²) in [6.45, 7) is 1.91. The van der Waals surface area contributed by atoms with Gasteiger partial charge in [0.1, 0.15) is 17.3 Å².